The SMILES string of the molecule is CNS(=O)(=O)CCNC(=O)c1ccc(Cl)o1. The zero-order valence-corrected chi connectivity index (χ0v) is 10.1. The molecule has 2 N–H and O–H groups in total. The minimum absolute atomic E-state index is 0.000323. The Morgan fingerprint density at radius 1 is 1.50 bits per heavy atom. The molecular weight excluding hydrogens is 256 g/mol. The van der Waals surface area contributed by atoms with E-state index in [1.54, 1.807) is 0 Å². The number of amides is 1. The van der Waals surface area contributed by atoms with E-state index in [0.29, 0.717) is 0 Å². The fraction of sp³-hybridized carbons (Fsp3) is 0.375. The third kappa shape index (κ3) is 3.84. The summed E-state index contributed by atoms with van der Waals surface area (Å²) in [6, 6.07) is 2.84. The predicted octanol–water partition coefficient (Wildman–Crippen LogP) is 0.212. The molecule has 1 amide bonds. The molecule has 0 unspecified atom stereocenters. The largest absolute Gasteiger partial charge is 0.440 e. The van der Waals surface area contributed by atoms with E-state index in [1.165, 1.54) is 19.2 Å². The summed E-state index contributed by atoms with van der Waals surface area (Å²) in [4.78, 5) is 11.4. The smallest absolute Gasteiger partial charge is 0.287 e. The quantitative estimate of drug-likeness (QED) is 0.798. The number of sulfonamides is 1. The Bertz CT molecular complexity index is 468. The van der Waals surface area contributed by atoms with E-state index in [2.05, 4.69) is 10.0 Å². The molecule has 8 heteroatoms. The summed E-state index contributed by atoms with van der Waals surface area (Å²) in [6.07, 6.45) is 0. The van der Waals surface area contributed by atoms with Gasteiger partial charge >= 0.3 is 0 Å². The first-order valence-corrected chi connectivity index (χ1v) is 6.42. The molecule has 0 aromatic carbocycles. The molecule has 1 heterocycles. The zero-order chi connectivity index (χ0) is 12.2. The summed E-state index contributed by atoms with van der Waals surface area (Å²) >= 11 is 5.48. The summed E-state index contributed by atoms with van der Waals surface area (Å²) in [6.45, 7) is 0.000323. The number of halogens is 1. The van der Waals surface area contributed by atoms with Gasteiger partial charge in [-0.1, -0.05) is 0 Å². The van der Waals surface area contributed by atoms with Crippen molar-refractivity contribution in [2.75, 3.05) is 19.3 Å². The summed E-state index contributed by atoms with van der Waals surface area (Å²) in [5, 5.41) is 2.50. The van der Waals surface area contributed by atoms with E-state index in [4.69, 9.17) is 16.0 Å². The second-order valence-electron chi connectivity index (χ2n) is 2.88. The van der Waals surface area contributed by atoms with Crippen molar-refractivity contribution in [3.8, 4) is 0 Å². The Morgan fingerprint density at radius 2 is 2.19 bits per heavy atom. The minimum Gasteiger partial charge on any atom is -0.440 e. The van der Waals surface area contributed by atoms with Crippen molar-refractivity contribution in [1.82, 2.24) is 10.0 Å². The average Bonchev–Trinajstić information content (AvgIpc) is 2.64. The molecule has 6 nitrogen and oxygen atoms in total. The van der Waals surface area contributed by atoms with Crippen LogP contribution >= 0.6 is 11.6 Å². The Labute approximate surface area is 98.0 Å². The van der Waals surface area contributed by atoms with Crippen LogP contribution in [0.5, 0.6) is 0 Å². The molecule has 0 bridgehead atoms. The van der Waals surface area contributed by atoms with Crippen molar-refractivity contribution >= 4 is 27.5 Å². The third-order valence-electron chi connectivity index (χ3n) is 1.76. The van der Waals surface area contributed by atoms with Gasteiger partial charge in [0, 0.05) is 6.54 Å². The molecule has 0 saturated heterocycles. The monoisotopic (exact) mass is 266 g/mol. The molecule has 16 heavy (non-hydrogen) atoms. The maximum Gasteiger partial charge on any atom is 0.287 e. The molecule has 0 spiro atoms. The lowest BCUT2D eigenvalue weighted by Crippen LogP contribution is -2.32. The van der Waals surface area contributed by atoms with Crippen LogP contribution in [-0.2, 0) is 10.0 Å². The summed E-state index contributed by atoms with van der Waals surface area (Å²) in [7, 11) is -2.00. The van der Waals surface area contributed by atoms with Crippen LogP contribution < -0.4 is 10.0 Å². The second-order valence-corrected chi connectivity index (χ2v) is 5.30. The molecule has 1 aromatic rings. The summed E-state index contributed by atoms with van der Waals surface area (Å²) in [5.74, 6) is -0.644. The van der Waals surface area contributed by atoms with Crippen LogP contribution in [0.2, 0.25) is 5.22 Å². The van der Waals surface area contributed by atoms with E-state index in [1.807, 2.05) is 0 Å². The maximum atomic E-state index is 11.4. The average molecular weight is 267 g/mol. The van der Waals surface area contributed by atoms with E-state index >= 15 is 0 Å². The lowest BCUT2D eigenvalue weighted by Gasteiger charge is -2.03. The Balaban J connectivity index is 2.43. The first-order valence-electron chi connectivity index (χ1n) is 4.39. The first-order chi connectivity index (χ1) is 7.44. The molecule has 0 fully saturated rings. The molecule has 1 aromatic heterocycles. The minimum atomic E-state index is -3.31. The number of rotatable bonds is 5. The lowest BCUT2D eigenvalue weighted by atomic mass is 10.4. The van der Waals surface area contributed by atoms with Crippen molar-refractivity contribution < 1.29 is 17.6 Å². The highest BCUT2D eigenvalue weighted by Crippen LogP contribution is 2.12. The van der Waals surface area contributed by atoms with Crippen LogP contribution in [0.25, 0.3) is 0 Å². The molecule has 0 radical (unpaired) electrons. The van der Waals surface area contributed by atoms with Crippen LogP contribution in [0, 0.1) is 0 Å². The fourth-order valence-corrected chi connectivity index (χ4v) is 1.65. The summed E-state index contributed by atoms with van der Waals surface area (Å²) in [5.41, 5.74) is 0. The first kappa shape index (κ1) is 13.0. The van der Waals surface area contributed by atoms with Crippen molar-refractivity contribution in [2.24, 2.45) is 0 Å². The number of hydrogen-bond donors (Lipinski definition) is 2. The molecule has 0 aliphatic carbocycles. The van der Waals surface area contributed by atoms with Gasteiger partial charge in [0.25, 0.3) is 5.91 Å². The normalized spacial score (nSPS) is 11.4. The topological polar surface area (TPSA) is 88.4 Å². The number of carbonyl (C=O) groups excluding carboxylic acids is 1. The third-order valence-corrected chi connectivity index (χ3v) is 3.33. The molecule has 0 saturated carbocycles. The second kappa shape index (κ2) is 5.33. The molecule has 90 valence electrons. The van der Waals surface area contributed by atoms with Crippen LogP contribution in [0.4, 0.5) is 0 Å². The van der Waals surface area contributed by atoms with E-state index in [0.717, 1.165) is 0 Å². The van der Waals surface area contributed by atoms with Crippen molar-refractivity contribution in [3.63, 3.8) is 0 Å². The van der Waals surface area contributed by atoms with Gasteiger partial charge in [-0.3, -0.25) is 4.79 Å². The van der Waals surface area contributed by atoms with Crippen molar-refractivity contribution in [1.29, 1.82) is 0 Å². The Hall–Kier alpha value is -1.05. The Morgan fingerprint density at radius 3 is 2.69 bits per heavy atom. The van der Waals surface area contributed by atoms with Gasteiger partial charge in [0.05, 0.1) is 5.75 Å². The zero-order valence-electron chi connectivity index (χ0n) is 8.49. The van der Waals surface area contributed by atoms with E-state index < -0.39 is 15.9 Å². The van der Waals surface area contributed by atoms with Gasteiger partial charge in [-0.2, -0.15) is 0 Å². The van der Waals surface area contributed by atoms with E-state index in [-0.39, 0.29) is 23.3 Å². The van der Waals surface area contributed by atoms with Crippen LogP contribution in [0.3, 0.4) is 0 Å². The van der Waals surface area contributed by atoms with Gasteiger partial charge in [-0.15, -0.1) is 0 Å². The standard InChI is InChI=1S/C8H11ClN2O4S/c1-10-16(13,14)5-4-11-8(12)6-2-3-7(9)15-6/h2-3,10H,4-5H2,1H3,(H,11,12). The number of carbonyl (C=O) groups is 1. The Kier molecular flexibility index (Phi) is 4.34. The van der Waals surface area contributed by atoms with Crippen LogP contribution in [0.15, 0.2) is 16.5 Å². The molecule has 1 rings (SSSR count). The maximum absolute atomic E-state index is 11.4. The fourth-order valence-electron chi connectivity index (χ4n) is 0.924. The highest BCUT2D eigenvalue weighted by Gasteiger charge is 2.12. The summed E-state index contributed by atoms with van der Waals surface area (Å²) < 4.78 is 29.0. The molecule has 0 aliphatic rings. The van der Waals surface area contributed by atoms with E-state index in [9.17, 15) is 13.2 Å². The molecule has 0 atom stereocenters. The van der Waals surface area contributed by atoms with Gasteiger partial charge in [-0.05, 0) is 30.8 Å². The number of hydrogen-bond acceptors (Lipinski definition) is 4. The van der Waals surface area contributed by atoms with Crippen molar-refractivity contribution in [2.45, 2.75) is 0 Å². The number of furan rings is 1. The highest BCUT2D eigenvalue weighted by atomic mass is 35.5. The predicted molar refractivity (Wildman–Crippen MR) is 58.9 cm³/mol. The van der Waals surface area contributed by atoms with Crippen molar-refractivity contribution in [3.05, 3.63) is 23.1 Å². The lowest BCUT2D eigenvalue weighted by molar-refractivity contribution is 0.0928. The number of nitrogens with one attached hydrogen (secondary N) is 2. The van der Waals surface area contributed by atoms with Gasteiger partial charge in [0.1, 0.15) is 0 Å². The van der Waals surface area contributed by atoms with Gasteiger partial charge in [-0.25, -0.2) is 13.1 Å². The van der Waals surface area contributed by atoms with Crippen LogP contribution in [-0.4, -0.2) is 33.7 Å². The molecular formula is C8H11ClN2O4S. The molecule has 0 aliphatic heterocycles. The highest BCUT2D eigenvalue weighted by molar-refractivity contribution is 7.89. The van der Waals surface area contributed by atoms with Gasteiger partial charge in [0.2, 0.25) is 10.0 Å². The van der Waals surface area contributed by atoms with Crippen LogP contribution in [0.1, 0.15) is 10.6 Å². The van der Waals surface area contributed by atoms with Gasteiger partial charge in [0.15, 0.2) is 11.0 Å². The van der Waals surface area contributed by atoms with Gasteiger partial charge < -0.3 is 9.73 Å².